The number of aromatic nitrogens is 1. The van der Waals surface area contributed by atoms with E-state index in [9.17, 15) is 0 Å². The largest absolute Gasteiger partial charge is 0.478 e. The van der Waals surface area contributed by atoms with Crippen LogP contribution in [0.3, 0.4) is 0 Å². The van der Waals surface area contributed by atoms with Gasteiger partial charge in [0.15, 0.2) is 5.96 Å². The quantitative estimate of drug-likeness (QED) is 0.300. The van der Waals surface area contributed by atoms with Crippen molar-refractivity contribution >= 4 is 29.9 Å². The average Bonchev–Trinajstić information content (AvgIpc) is 2.76. The third-order valence-corrected chi connectivity index (χ3v) is 5.47. The predicted molar refractivity (Wildman–Crippen MR) is 138 cm³/mol. The average molecular weight is 537 g/mol. The second-order valence-electron chi connectivity index (χ2n) is 7.77. The Morgan fingerprint density at radius 3 is 2.71 bits per heavy atom. The first kappa shape index (κ1) is 25.4. The van der Waals surface area contributed by atoms with Crippen LogP contribution in [0.1, 0.15) is 44.7 Å². The number of rotatable bonds is 8. The zero-order valence-electron chi connectivity index (χ0n) is 18.9. The van der Waals surface area contributed by atoms with E-state index in [2.05, 4.69) is 64.7 Å². The number of nitrogens with one attached hydrogen (secondary N) is 2. The summed E-state index contributed by atoms with van der Waals surface area (Å²) >= 11 is 0. The Bertz CT molecular complexity index is 802. The fraction of sp³-hybridized carbons (Fsp3) is 0.500. The summed E-state index contributed by atoms with van der Waals surface area (Å²) in [5.41, 5.74) is 2.38. The highest BCUT2D eigenvalue weighted by atomic mass is 127. The lowest BCUT2D eigenvalue weighted by atomic mass is 9.97. The Kier molecular flexibility index (Phi) is 11.1. The number of halogens is 1. The molecule has 0 saturated carbocycles. The molecule has 0 amide bonds. The maximum absolute atomic E-state index is 5.63. The number of benzene rings is 1. The van der Waals surface area contributed by atoms with E-state index in [1.807, 2.05) is 19.1 Å². The van der Waals surface area contributed by atoms with Gasteiger partial charge in [0.2, 0.25) is 5.88 Å². The molecule has 6 nitrogen and oxygen atoms in total. The third kappa shape index (κ3) is 7.96. The van der Waals surface area contributed by atoms with Crippen LogP contribution in [0.4, 0.5) is 0 Å². The molecule has 2 heterocycles. The van der Waals surface area contributed by atoms with Crippen molar-refractivity contribution in [2.75, 3.05) is 19.7 Å². The van der Waals surface area contributed by atoms with Crippen LogP contribution in [0.2, 0.25) is 0 Å². The molecule has 0 aliphatic carbocycles. The normalized spacial score (nSPS) is 19.4. The van der Waals surface area contributed by atoms with E-state index in [0.717, 1.165) is 44.0 Å². The van der Waals surface area contributed by atoms with Gasteiger partial charge >= 0.3 is 0 Å². The molecule has 1 aliphatic rings. The summed E-state index contributed by atoms with van der Waals surface area (Å²) < 4.78 is 5.63. The smallest absolute Gasteiger partial charge is 0.218 e. The number of guanidine groups is 1. The molecule has 0 radical (unpaired) electrons. The lowest BCUT2D eigenvalue weighted by molar-refractivity contribution is 0.134. The third-order valence-electron chi connectivity index (χ3n) is 5.47. The zero-order chi connectivity index (χ0) is 21.2. The molecule has 2 N–H and O–H groups in total. The molecule has 7 heteroatoms. The zero-order valence-corrected chi connectivity index (χ0v) is 21.2. The van der Waals surface area contributed by atoms with Crippen LogP contribution in [0, 0.1) is 0 Å². The van der Waals surface area contributed by atoms with Crippen LogP contribution in [0.15, 0.2) is 53.7 Å². The lowest BCUT2D eigenvalue weighted by Crippen LogP contribution is -2.51. The first-order valence-corrected chi connectivity index (χ1v) is 11.1. The standard InChI is InChI=1S/C24H35N5O.HI/c1-4-25-24(27-17-21-12-9-14-26-23(21)30-5-2)28-22-13-15-29(19(3)16-22)18-20-10-7-6-8-11-20;/h6-12,14,19,22H,4-5,13,15-18H2,1-3H3,(H2,25,27,28);1H. The summed E-state index contributed by atoms with van der Waals surface area (Å²) in [6, 6.07) is 15.6. The van der Waals surface area contributed by atoms with Gasteiger partial charge in [-0.2, -0.15) is 0 Å². The molecule has 170 valence electrons. The molecular weight excluding hydrogens is 501 g/mol. The number of aliphatic imine (C=N–C) groups is 1. The summed E-state index contributed by atoms with van der Waals surface area (Å²) in [4.78, 5) is 11.7. The van der Waals surface area contributed by atoms with Gasteiger partial charge in [-0.3, -0.25) is 4.90 Å². The molecule has 2 unspecified atom stereocenters. The number of hydrogen-bond donors (Lipinski definition) is 2. The maximum atomic E-state index is 5.63. The van der Waals surface area contributed by atoms with Crippen LogP contribution in [-0.4, -0.2) is 47.6 Å². The topological polar surface area (TPSA) is 61.8 Å². The van der Waals surface area contributed by atoms with Crippen molar-refractivity contribution in [2.24, 2.45) is 4.99 Å². The Balaban J connectivity index is 0.00000341. The van der Waals surface area contributed by atoms with Crippen molar-refractivity contribution < 1.29 is 4.74 Å². The number of pyridine rings is 1. The van der Waals surface area contributed by atoms with Gasteiger partial charge in [-0.05, 0) is 45.2 Å². The minimum absolute atomic E-state index is 0. The van der Waals surface area contributed by atoms with Crippen LogP contribution in [0.25, 0.3) is 0 Å². The van der Waals surface area contributed by atoms with Crippen LogP contribution >= 0.6 is 24.0 Å². The van der Waals surface area contributed by atoms with Crippen molar-refractivity contribution in [2.45, 2.75) is 58.8 Å². The Morgan fingerprint density at radius 1 is 1.19 bits per heavy atom. The molecule has 2 atom stereocenters. The first-order chi connectivity index (χ1) is 14.7. The summed E-state index contributed by atoms with van der Waals surface area (Å²) in [5.74, 6) is 1.53. The highest BCUT2D eigenvalue weighted by molar-refractivity contribution is 14.0. The van der Waals surface area contributed by atoms with Gasteiger partial charge in [-0.25, -0.2) is 9.98 Å². The van der Waals surface area contributed by atoms with E-state index in [-0.39, 0.29) is 24.0 Å². The van der Waals surface area contributed by atoms with Gasteiger partial charge in [-0.15, -0.1) is 24.0 Å². The van der Waals surface area contributed by atoms with Crippen molar-refractivity contribution in [1.82, 2.24) is 20.5 Å². The summed E-state index contributed by atoms with van der Waals surface area (Å²) in [6.07, 6.45) is 3.97. The molecule has 0 spiro atoms. The van der Waals surface area contributed by atoms with Crippen molar-refractivity contribution in [3.63, 3.8) is 0 Å². The van der Waals surface area contributed by atoms with E-state index < -0.39 is 0 Å². The van der Waals surface area contributed by atoms with Gasteiger partial charge in [0.05, 0.1) is 13.2 Å². The second-order valence-corrected chi connectivity index (χ2v) is 7.77. The molecule has 1 aromatic heterocycles. The Labute approximate surface area is 203 Å². The minimum atomic E-state index is 0. The number of ether oxygens (including phenoxy) is 1. The molecule has 31 heavy (non-hydrogen) atoms. The number of piperidine rings is 1. The number of likely N-dealkylation sites (tertiary alicyclic amines) is 1. The van der Waals surface area contributed by atoms with Gasteiger partial charge in [-0.1, -0.05) is 36.4 Å². The van der Waals surface area contributed by atoms with E-state index in [0.29, 0.717) is 31.1 Å². The van der Waals surface area contributed by atoms with E-state index >= 15 is 0 Å². The van der Waals surface area contributed by atoms with Crippen LogP contribution in [-0.2, 0) is 13.1 Å². The van der Waals surface area contributed by atoms with Crippen molar-refractivity contribution in [3.8, 4) is 5.88 Å². The highest BCUT2D eigenvalue weighted by Crippen LogP contribution is 2.20. The van der Waals surface area contributed by atoms with Gasteiger partial charge in [0, 0.05) is 43.5 Å². The molecule has 0 bridgehead atoms. The molecule has 3 rings (SSSR count). The molecule has 1 fully saturated rings. The maximum Gasteiger partial charge on any atom is 0.218 e. The highest BCUT2D eigenvalue weighted by Gasteiger charge is 2.26. The van der Waals surface area contributed by atoms with Crippen LogP contribution < -0.4 is 15.4 Å². The lowest BCUT2D eigenvalue weighted by Gasteiger charge is -2.38. The molecule has 1 aromatic carbocycles. The van der Waals surface area contributed by atoms with Gasteiger partial charge in [0.1, 0.15) is 0 Å². The molecule has 1 aliphatic heterocycles. The Morgan fingerprint density at radius 2 is 2.00 bits per heavy atom. The van der Waals surface area contributed by atoms with E-state index in [4.69, 9.17) is 9.73 Å². The minimum Gasteiger partial charge on any atom is -0.478 e. The predicted octanol–water partition coefficient (Wildman–Crippen LogP) is 4.21. The molecule has 2 aromatic rings. The second kappa shape index (κ2) is 13.5. The van der Waals surface area contributed by atoms with Crippen molar-refractivity contribution in [1.29, 1.82) is 0 Å². The van der Waals surface area contributed by atoms with Crippen LogP contribution in [0.5, 0.6) is 5.88 Å². The summed E-state index contributed by atoms with van der Waals surface area (Å²) in [5, 5.41) is 7.03. The summed E-state index contributed by atoms with van der Waals surface area (Å²) in [7, 11) is 0. The van der Waals surface area contributed by atoms with Gasteiger partial charge in [0.25, 0.3) is 0 Å². The number of hydrogen-bond acceptors (Lipinski definition) is 4. The molecule has 1 saturated heterocycles. The van der Waals surface area contributed by atoms with Crippen molar-refractivity contribution in [3.05, 3.63) is 59.8 Å². The van der Waals surface area contributed by atoms with E-state index in [1.165, 1.54) is 5.56 Å². The summed E-state index contributed by atoms with van der Waals surface area (Å²) in [6.45, 7) is 10.5. The fourth-order valence-corrected chi connectivity index (χ4v) is 3.89. The molecular formula is C24H36IN5O. The monoisotopic (exact) mass is 537 g/mol. The SMILES string of the molecule is CCNC(=NCc1cccnc1OCC)NC1CCN(Cc2ccccc2)C(C)C1.I. The first-order valence-electron chi connectivity index (χ1n) is 11.1. The Hall–Kier alpha value is -1.87. The van der Waals surface area contributed by atoms with E-state index in [1.54, 1.807) is 6.20 Å². The number of nitrogens with zero attached hydrogens (tertiary/aromatic N) is 3. The fourth-order valence-electron chi connectivity index (χ4n) is 3.89. The van der Waals surface area contributed by atoms with Gasteiger partial charge < -0.3 is 15.4 Å².